The maximum atomic E-state index is 10.9. The van der Waals surface area contributed by atoms with Crippen LogP contribution in [-0.4, -0.2) is 43.5 Å². The Balaban J connectivity index is 2.10. The summed E-state index contributed by atoms with van der Waals surface area (Å²) in [7, 11) is 0. The second-order valence-electron chi connectivity index (χ2n) is 3.95. The third-order valence-corrected chi connectivity index (χ3v) is 2.76. The molecule has 86 valence electrons. The van der Waals surface area contributed by atoms with Crippen LogP contribution in [0.3, 0.4) is 0 Å². The lowest BCUT2D eigenvalue weighted by atomic mass is 10.2. The molecular weight excluding hydrogens is 194 g/mol. The van der Waals surface area contributed by atoms with E-state index in [1.54, 1.807) is 4.90 Å². The highest BCUT2D eigenvalue weighted by molar-refractivity contribution is 6.25. The Morgan fingerprint density at radius 1 is 1.33 bits per heavy atom. The smallest absolute Gasteiger partial charge is 0.266 e. The topological polar surface area (TPSA) is 66.1 Å². The van der Waals surface area contributed by atoms with E-state index in [4.69, 9.17) is 5.21 Å². The molecule has 1 fully saturated rings. The number of amides is 1. The molecule has 0 bridgehead atoms. The van der Waals surface area contributed by atoms with Gasteiger partial charge in [-0.05, 0) is 25.7 Å². The number of nitrogens with one attached hydrogen (secondary N) is 2. The minimum Gasteiger partial charge on any atom is -0.411 e. The predicted octanol–water partition coefficient (Wildman–Crippen LogP) is -0.978. The van der Waals surface area contributed by atoms with Gasteiger partial charge in [-0.15, -0.1) is 0 Å². The van der Waals surface area contributed by atoms with Crippen LogP contribution in [0.5, 0.6) is 0 Å². The van der Waals surface area contributed by atoms with Gasteiger partial charge in [-0.25, -0.2) is 0 Å². The van der Waals surface area contributed by atoms with Crippen molar-refractivity contribution in [1.29, 1.82) is 0 Å². The normalized spacial score (nSPS) is 18.9. The van der Waals surface area contributed by atoms with Crippen LogP contribution in [0.4, 0.5) is 0 Å². The summed E-state index contributed by atoms with van der Waals surface area (Å²) in [6.07, 6.45) is 6.15. The molecule has 15 heavy (non-hydrogen) atoms. The first-order valence-electron chi connectivity index (χ1n) is 5.62. The first-order valence-corrected chi connectivity index (χ1v) is 5.62. The van der Waals surface area contributed by atoms with Gasteiger partial charge in [-0.1, -0.05) is 5.16 Å². The standard InChI is InChI=1S/C10H19N3O2/c14-10(9-12-15)11-5-8-13-6-3-1-2-4-7-13/h9,15H,1-8H2,(H,11,14)/p+1/b12-9+. The fourth-order valence-corrected chi connectivity index (χ4v) is 1.94. The van der Waals surface area contributed by atoms with E-state index >= 15 is 0 Å². The summed E-state index contributed by atoms with van der Waals surface area (Å²) in [5.74, 6) is -0.327. The number of hydrogen-bond donors (Lipinski definition) is 3. The molecule has 0 unspecified atom stereocenters. The van der Waals surface area contributed by atoms with Gasteiger partial charge in [0.2, 0.25) is 0 Å². The van der Waals surface area contributed by atoms with Crippen LogP contribution in [-0.2, 0) is 4.79 Å². The van der Waals surface area contributed by atoms with Crippen molar-refractivity contribution in [1.82, 2.24) is 5.32 Å². The van der Waals surface area contributed by atoms with Crippen molar-refractivity contribution in [3.8, 4) is 0 Å². The number of carbonyl (C=O) groups is 1. The summed E-state index contributed by atoms with van der Waals surface area (Å²) in [5, 5.41) is 13.5. The highest BCUT2D eigenvalue weighted by Gasteiger charge is 2.11. The number of rotatable bonds is 4. The molecule has 1 aliphatic rings. The molecule has 0 aromatic heterocycles. The van der Waals surface area contributed by atoms with Crippen LogP contribution in [0.15, 0.2) is 5.16 Å². The van der Waals surface area contributed by atoms with Crippen molar-refractivity contribution in [2.75, 3.05) is 26.2 Å². The van der Waals surface area contributed by atoms with Crippen molar-refractivity contribution < 1.29 is 14.9 Å². The first-order chi connectivity index (χ1) is 7.33. The van der Waals surface area contributed by atoms with Crippen molar-refractivity contribution >= 4 is 12.1 Å². The summed E-state index contributed by atoms with van der Waals surface area (Å²) in [6.45, 7) is 4.04. The Hall–Kier alpha value is -1.10. The second-order valence-corrected chi connectivity index (χ2v) is 3.95. The molecule has 5 nitrogen and oxygen atoms in total. The number of oxime groups is 1. The van der Waals surface area contributed by atoms with E-state index < -0.39 is 0 Å². The van der Waals surface area contributed by atoms with Gasteiger partial charge >= 0.3 is 0 Å². The van der Waals surface area contributed by atoms with E-state index in [1.807, 2.05) is 0 Å². The van der Waals surface area contributed by atoms with Crippen molar-refractivity contribution in [3.63, 3.8) is 0 Å². The van der Waals surface area contributed by atoms with E-state index in [0.717, 1.165) is 12.8 Å². The molecule has 0 aromatic carbocycles. The van der Waals surface area contributed by atoms with Gasteiger partial charge in [-0.2, -0.15) is 0 Å². The molecule has 0 saturated carbocycles. The molecule has 0 aliphatic carbocycles. The van der Waals surface area contributed by atoms with Gasteiger partial charge in [0.25, 0.3) is 5.91 Å². The molecule has 0 spiro atoms. The first kappa shape index (κ1) is 12.0. The van der Waals surface area contributed by atoms with Crippen LogP contribution in [0.2, 0.25) is 0 Å². The zero-order valence-corrected chi connectivity index (χ0v) is 9.04. The van der Waals surface area contributed by atoms with Gasteiger partial charge in [0.1, 0.15) is 6.21 Å². The van der Waals surface area contributed by atoms with Crippen LogP contribution in [0.25, 0.3) is 0 Å². The van der Waals surface area contributed by atoms with Gasteiger partial charge in [0.05, 0.1) is 26.2 Å². The van der Waals surface area contributed by atoms with Crippen molar-refractivity contribution in [2.45, 2.75) is 25.7 Å². The molecule has 0 aromatic rings. The van der Waals surface area contributed by atoms with E-state index in [-0.39, 0.29) is 5.91 Å². The Labute approximate surface area is 90.1 Å². The van der Waals surface area contributed by atoms with Gasteiger partial charge < -0.3 is 15.4 Å². The third-order valence-electron chi connectivity index (χ3n) is 2.76. The summed E-state index contributed by atoms with van der Waals surface area (Å²) < 4.78 is 0. The summed E-state index contributed by atoms with van der Waals surface area (Å²) in [5.41, 5.74) is 0. The minimum absolute atomic E-state index is 0.327. The Morgan fingerprint density at radius 3 is 2.60 bits per heavy atom. The van der Waals surface area contributed by atoms with Crippen LogP contribution in [0, 0.1) is 0 Å². The quantitative estimate of drug-likeness (QED) is 0.320. The number of hydrogen-bond acceptors (Lipinski definition) is 3. The number of quaternary nitrogens is 1. The van der Waals surface area contributed by atoms with E-state index in [2.05, 4.69) is 10.5 Å². The lowest BCUT2D eigenvalue weighted by Gasteiger charge is -2.16. The number of carbonyl (C=O) groups excluding carboxylic acids is 1. The summed E-state index contributed by atoms with van der Waals surface area (Å²) in [6, 6.07) is 0. The van der Waals surface area contributed by atoms with Gasteiger partial charge in [0.15, 0.2) is 0 Å². The molecule has 0 radical (unpaired) electrons. The summed E-state index contributed by atoms with van der Waals surface area (Å²) in [4.78, 5) is 12.5. The molecular formula is C10H20N3O2+. The van der Waals surface area contributed by atoms with Gasteiger partial charge in [0, 0.05) is 0 Å². The third kappa shape index (κ3) is 5.37. The zero-order chi connectivity index (χ0) is 10.9. The summed E-state index contributed by atoms with van der Waals surface area (Å²) >= 11 is 0. The molecule has 1 saturated heterocycles. The minimum atomic E-state index is -0.327. The van der Waals surface area contributed by atoms with Crippen molar-refractivity contribution in [3.05, 3.63) is 0 Å². The van der Waals surface area contributed by atoms with E-state index in [1.165, 1.54) is 38.8 Å². The van der Waals surface area contributed by atoms with E-state index in [9.17, 15) is 4.79 Å². The predicted molar refractivity (Wildman–Crippen MR) is 57.3 cm³/mol. The fraction of sp³-hybridized carbons (Fsp3) is 0.800. The SMILES string of the molecule is O=C(/C=N/O)NCC[NH+]1CCCCCC1. The van der Waals surface area contributed by atoms with Crippen LogP contribution in [0.1, 0.15) is 25.7 Å². The zero-order valence-electron chi connectivity index (χ0n) is 9.04. The molecule has 1 heterocycles. The average molecular weight is 214 g/mol. The molecule has 1 rings (SSSR count). The highest BCUT2D eigenvalue weighted by atomic mass is 16.4. The van der Waals surface area contributed by atoms with E-state index in [0.29, 0.717) is 6.54 Å². The molecule has 5 heteroatoms. The largest absolute Gasteiger partial charge is 0.411 e. The lowest BCUT2D eigenvalue weighted by molar-refractivity contribution is -0.898. The lowest BCUT2D eigenvalue weighted by Crippen LogP contribution is -3.12. The molecule has 1 amide bonds. The monoisotopic (exact) mass is 214 g/mol. The fourth-order valence-electron chi connectivity index (χ4n) is 1.94. The average Bonchev–Trinajstić information content (AvgIpc) is 2.47. The highest BCUT2D eigenvalue weighted by Crippen LogP contribution is 1.98. The Morgan fingerprint density at radius 2 is 2.00 bits per heavy atom. The second kappa shape index (κ2) is 7.23. The Kier molecular flexibility index (Phi) is 5.77. The molecule has 1 aliphatic heterocycles. The maximum Gasteiger partial charge on any atom is 0.266 e. The number of likely N-dealkylation sites (tertiary alicyclic amines) is 1. The van der Waals surface area contributed by atoms with Crippen LogP contribution >= 0.6 is 0 Å². The maximum absolute atomic E-state index is 10.9. The van der Waals surface area contributed by atoms with Gasteiger partial charge in [-0.3, -0.25) is 4.79 Å². The van der Waals surface area contributed by atoms with Crippen molar-refractivity contribution in [2.24, 2.45) is 5.16 Å². The number of nitrogens with zero attached hydrogens (tertiary/aromatic N) is 1. The van der Waals surface area contributed by atoms with Crippen LogP contribution < -0.4 is 10.2 Å². The molecule has 3 N–H and O–H groups in total. The Bertz CT molecular complexity index is 211. The molecule has 0 atom stereocenters.